The second-order valence-electron chi connectivity index (χ2n) is 8.64. The van der Waals surface area contributed by atoms with E-state index in [0.717, 1.165) is 52.8 Å². The molecule has 6 nitrogen and oxygen atoms in total. The number of hydrogen-bond donors (Lipinski definition) is 2. The van der Waals surface area contributed by atoms with Gasteiger partial charge in [0.2, 0.25) is 0 Å². The fourth-order valence-corrected chi connectivity index (χ4v) is 4.42. The van der Waals surface area contributed by atoms with E-state index in [1.807, 2.05) is 48.2 Å². The summed E-state index contributed by atoms with van der Waals surface area (Å²) in [4.78, 5) is 18.1. The van der Waals surface area contributed by atoms with E-state index in [1.54, 1.807) is 7.11 Å². The second kappa shape index (κ2) is 10.4. The van der Waals surface area contributed by atoms with Crippen LogP contribution in [0.15, 0.2) is 47.3 Å². The Morgan fingerprint density at radius 2 is 1.94 bits per heavy atom. The maximum atomic E-state index is 13.0. The number of nitrogens with zero attached hydrogens (tertiary/aromatic N) is 1. The van der Waals surface area contributed by atoms with Crippen LogP contribution in [-0.4, -0.2) is 41.4 Å². The summed E-state index contributed by atoms with van der Waals surface area (Å²) in [6, 6.07) is 14.0. The Bertz CT molecular complexity index is 1180. The van der Waals surface area contributed by atoms with Crippen molar-refractivity contribution in [2.24, 2.45) is 0 Å². The van der Waals surface area contributed by atoms with Crippen molar-refractivity contribution in [3.8, 4) is 5.75 Å². The van der Waals surface area contributed by atoms with Gasteiger partial charge in [0.1, 0.15) is 5.75 Å². The summed E-state index contributed by atoms with van der Waals surface area (Å²) in [5, 5.41) is 5.04. The molecule has 0 amide bonds. The predicted molar refractivity (Wildman–Crippen MR) is 136 cm³/mol. The molecule has 0 unspecified atom stereocenters. The first-order valence-corrected chi connectivity index (χ1v) is 11.7. The average Bonchev–Trinajstić information content (AvgIpc) is 3.34. The summed E-state index contributed by atoms with van der Waals surface area (Å²) in [5.41, 5.74) is 4.77. The molecule has 0 radical (unpaired) electrons. The summed E-state index contributed by atoms with van der Waals surface area (Å²) >= 11 is 5.77. The molecule has 1 aliphatic heterocycles. The first kappa shape index (κ1) is 23.3. The monoisotopic (exact) mass is 465 g/mol. The molecule has 1 fully saturated rings. The third-order valence-electron chi connectivity index (χ3n) is 6.21. The number of hydrogen-bond acceptors (Lipinski definition) is 4. The van der Waals surface area contributed by atoms with Crippen LogP contribution in [0.2, 0.25) is 0 Å². The molecular formula is C26H31N3O3S. The Morgan fingerprint density at radius 3 is 2.64 bits per heavy atom. The van der Waals surface area contributed by atoms with Gasteiger partial charge in [0.25, 0.3) is 5.56 Å². The number of ether oxygens (including phenoxy) is 2. The van der Waals surface area contributed by atoms with Crippen LogP contribution in [0.5, 0.6) is 5.75 Å². The van der Waals surface area contributed by atoms with E-state index in [4.69, 9.17) is 21.7 Å². The van der Waals surface area contributed by atoms with Crippen LogP contribution in [-0.2, 0) is 17.8 Å². The Hall–Kier alpha value is -2.90. The third kappa shape index (κ3) is 5.54. The van der Waals surface area contributed by atoms with Crippen molar-refractivity contribution in [3.63, 3.8) is 0 Å². The minimum absolute atomic E-state index is 0.0853. The Balaban J connectivity index is 1.60. The predicted octanol–water partition coefficient (Wildman–Crippen LogP) is 4.21. The van der Waals surface area contributed by atoms with E-state index in [-0.39, 0.29) is 11.7 Å². The molecule has 2 aromatic carbocycles. The summed E-state index contributed by atoms with van der Waals surface area (Å²) in [7, 11) is 1.65. The van der Waals surface area contributed by atoms with Gasteiger partial charge in [-0.1, -0.05) is 24.3 Å². The van der Waals surface area contributed by atoms with Crippen molar-refractivity contribution >= 4 is 28.2 Å². The maximum Gasteiger partial charge on any atom is 0.253 e. The minimum Gasteiger partial charge on any atom is -0.497 e. The molecule has 4 rings (SSSR count). The molecule has 3 aromatic rings. The number of fused-ring (bicyclic) bond motifs is 1. The molecule has 0 spiro atoms. The number of thiocarbonyl (C=S) groups is 1. The van der Waals surface area contributed by atoms with Crippen molar-refractivity contribution in [2.75, 3.05) is 20.3 Å². The zero-order chi connectivity index (χ0) is 23.4. The molecule has 1 atom stereocenters. The van der Waals surface area contributed by atoms with E-state index in [2.05, 4.69) is 23.3 Å². The van der Waals surface area contributed by atoms with E-state index in [1.165, 1.54) is 0 Å². The molecular weight excluding hydrogens is 434 g/mol. The molecule has 7 heteroatoms. The number of methoxy groups -OCH3 is 1. The molecule has 2 heterocycles. The summed E-state index contributed by atoms with van der Waals surface area (Å²) in [6.07, 6.45) is 2.30. The van der Waals surface area contributed by atoms with Crippen molar-refractivity contribution in [1.82, 2.24) is 15.2 Å². The lowest BCUT2D eigenvalue weighted by Gasteiger charge is -2.27. The first-order chi connectivity index (χ1) is 15.9. The molecule has 1 aliphatic rings. The number of benzene rings is 2. The number of nitrogens with one attached hydrogen (secondary N) is 2. The standard InChI is InChI=1S/C26H31N3O3S/c1-17-6-7-18(2)24-23(17)13-20(25(30)28-24)16-29(15-19-8-10-21(31-3)11-9-19)26(33)27-14-22-5-4-12-32-22/h6-11,13,22H,4-5,12,14-16H2,1-3H3,(H,27,33)(H,28,30)/t22-/m1/s1. The van der Waals surface area contributed by atoms with E-state index in [0.29, 0.717) is 30.3 Å². The van der Waals surface area contributed by atoms with Gasteiger partial charge in [0, 0.05) is 30.6 Å². The second-order valence-corrected chi connectivity index (χ2v) is 9.02. The lowest BCUT2D eigenvalue weighted by atomic mass is 10.0. The van der Waals surface area contributed by atoms with Crippen LogP contribution in [0.25, 0.3) is 10.9 Å². The fraction of sp³-hybridized carbons (Fsp3) is 0.385. The van der Waals surface area contributed by atoms with Crippen LogP contribution in [0.1, 0.15) is 35.1 Å². The van der Waals surface area contributed by atoms with E-state index >= 15 is 0 Å². The molecule has 2 N–H and O–H groups in total. The average molecular weight is 466 g/mol. The Kier molecular flexibility index (Phi) is 7.30. The summed E-state index contributed by atoms with van der Waals surface area (Å²) in [5.74, 6) is 0.807. The van der Waals surface area contributed by atoms with Gasteiger partial charge in [-0.15, -0.1) is 0 Å². The Labute approximate surface area is 199 Å². The zero-order valence-corrected chi connectivity index (χ0v) is 20.3. The molecule has 1 aromatic heterocycles. The highest BCUT2D eigenvalue weighted by atomic mass is 32.1. The number of pyridine rings is 1. The number of H-pyrrole nitrogens is 1. The first-order valence-electron chi connectivity index (χ1n) is 11.3. The quantitative estimate of drug-likeness (QED) is 0.510. The maximum absolute atomic E-state index is 13.0. The van der Waals surface area contributed by atoms with Crippen LogP contribution < -0.4 is 15.6 Å². The molecule has 1 saturated heterocycles. The van der Waals surface area contributed by atoms with Crippen molar-refractivity contribution in [3.05, 3.63) is 75.1 Å². The summed E-state index contributed by atoms with van der Waals surface area (Å²) in [6.45, 7) is 6.53. The van der Waals surface area contributed by atoms with Gasteiger partial charge in [0.15, 0.2) is 5.11 Å². The van der Waals surface area contributed by atoms with Crippen molar-refractivity contribution < 1.29 is 9.47 Å². The van der Waals surface area contributed by atoms with Gasteiger partial charge in [-0.2, -0.15) is 0 Å². The number of aryl methyl sites for hydroxylation is 2. The van der Waals surface area contributed by atoms with E-state index < -0.39 is 0 Å². The number of aromatic amines is 1. The minimum atomic E-state index is -0.0853. The van der Waals surface area contributed by atoms with Gasteiger partial charge in [-0.05, 0) is 73.8 Å². The van der Waals surface area contributed by atoms with Crippen molar-refractivity contribution in [1.29, 1.82) is 0 Å². The molecule has 33 heavy (non-hydrogen) atoms. The number of aromatic nitrogens is 1. The molecule has 174 valence electrons. The zero-order valence-electron chi connectivity index (χ0n) is 19.4. The highest BCUT2D eigenvalue weighted by Gasteiger charge is 2.19. The highest BCUT2D eigenvalue weighted by Crippen LogP contribution is 2.21. The Morgan fingerprint density at radius 1 is 1.18 bits per heavy atom. The number of rotatable bonds is 7. The van der Waals surface area contributed by atoms with Gasteiger partial charge >= 0.3 is 0 Å². The molecule has 0 bridgehead atoms. The normalized spacial score (nSPS) is 15.5. The fourth-order valence-electron chi connectivity index (χ4n) is 4.21. The van der Waals surface area contributed by atoms with Crippen LogP contribution in [0, 0.1) is 13.8 Å². The van der Waals surface area contributed by atoms with E-state index in [9.17, 15) is 4.79 Å². The third-order valence-corrected chi connectivity index (χ3v) is 6.61. The van der Waals surface area contributed by atoms with Crippen LogP contribution in [0.4, 0.5) is 0 Å². The summed E-state index contributed by atoms with van der Waals surface area (Å²) < 4.78 is 11.0. The van der Waals surface area contributed by atoms with Crippen LogP contribution >= 0.6 is 12.2 Å². The van der Waals surface area contributed by atoms with Crippen LogP contribution in [0.3, 0.4) is 0 Å². The van der Waals surface area contributed by atoms with Gasteiger partial charge in [0.05, 0.1) is 25.3 Å². The smallest absolute Gasteiger partial charge is 0.253 e. The highest BCUT2D eigenvalue weighted by molar-refractivity contribution is 7.80. The topological polar surface area (TPSA) is 66.6 Å². The largest absolute Gasteiger partial charge is 0.497 e. The van der Waals surface area contributed by atoms with Gasteiger partial charge in [-0.25, -0.2) is 0 Å². The van der Waals surface area contributed by atoms with Gasteiger partial charge in [-0.3, -0.25) is 4.79 Å². The lowest BCUT2D eigenvalue weighted by Crippen LogP contribution is -2.42. The van der Waals surface area contributed by atoms with Gasteiger partial charge < -0.3 is 24.7 Å². The van der Waals surface area contributed by atoms with Crippen molar-refractivity contribution in [2.45, 2.75) is 45.9 Å². The molecule has 0 aliphatic carbocycles. The SMILES string of the molecule is COc1ccc(CN(Cc2cc3c(C)ccc(C)c3[nH]c2=O)C(=S)NC[C@H]2CCCO2)cc1. The lowest BCUT2D eigenvalue weighted by molar-refractivity contribution is 0.113. The molecule has 0 saturated carbocycles.